The maximum atomic E-state index is 13.3. The van der Waals surface area contributed by atoms with Crippen LogP contribution in [0.3, 0.4) is 0 Å². The molecule has 3 fully saturated rings. The predicted molar refractivity (Wildman–Crippen MR) is 100 cm³/mol. The first-order valence-corrected chi connectivity index (χ1v) is 10.1. The van der Waals surface area contributed by atoms with E-state index in [2.05, 4.69) is 18.0 Å². The van der Waals surface area contributed by atoms with Crippen LogP contribution in [0, 0.1) is 17.8 Å². The number of likely N-dealkylation sites (tertiary alicyclic amines) is 1. The molecule has 5 rings (SSSR count). The Balaban J connectivity index is 1.27. The van der Waals surface area contributed by atoms with Gasteiger partial charge in [0, 0.05) is 56.2 Å². The van der Waals surface area contributed by atoms with Crippen molar-refractivity contribution in [1.29, 1.82) is 0 Å². The van der Waals surface area contributed by atoms with Crippen molar-refractivity contribution in [3.05, 3.63) is 29.8 Å². The number of hydrogen-bond donors (Lipinski definition) is 0. The summed E-state index contributed by atoms with van der Waals surface area (Å²) in [5, 5.41) is 0. The average Bonchev–Trinajstić information content (AvgIpc) is 3.50. The molecule has 144 valence electrons. The topological polar surface area (TPSA) is 53.1 Å². The highest BCUT2D eigenvalue weighted by atomic mass is 16.5. The van der Waals surface area contributed by atoms with E-state index in [9.17, 15) is 9.59 Å². The Morgan fingerprint density at radius 2 is 1.67 bits per heavy atom. The second kappa shape index (κ2) is 6.51. The van der Waals surface area contributed by atoms with Gasteiger partial charge in [0.05, 0.1) is 12.5 Å². The molecule has 6 nitrogen and oxygen atoms in total. The Hall–Kier alpha value is -2.08. The lowest BCUT2D eigenvalue weighted by Gasteiger charge is -2.37. The Morgan fingerprint density at radius 1 is 1.00 bits per heavy atom. The van der Waals surface area contributed by atoms with Crippen molar-refractivity contribution in [2.75, 3.05) is 46.4 Å². The van der Waals surface area contributed by atoms with Crippen molar-refractivity contribution in [2.24, 2.45) is 17.8 Å². The molecule has 3 heterocycles. The summed E-state index contributed by atoms with van der Waals surface area (Å²) in [7, 11) is 2.11. The zero-order valence-corrected chi connectivity index (χ0v) is 15.8. The molecular formula is C21H27N3O3. The van der Waals surface area contributed by atoms with Crippen LogP contribution in [0.2, 0.25) is 0 Å². The number of carbonyl (C=O) groups is 2. The van der Waals surface area contributed by atoms with Gasteiger partial charge < -0.3 is 14.5 Å². The van der Waals surface area contributed by atoms with Gasteiger partial charge in [0.2, 0.25) is 11.8 Å². The van der Waals surface area contributed by atoms with Crippen molar-refractivity contribution in [1.82, 2.24) is 14.7 Å². The van der Waals surface area contributed by atoms with E-state index >= 15 is 0 Å². The number of carbonyl (C=O) groups excluding carboxylic acids is 2. The Kier molecular flexibility index (Phi) is 4.11. The number of ether oxygens (including phenoxy) is 1. The quantitative estimate of drug-likeness (QED) is 0.790. The largest absolute Gasteiger partial charge is 0.493 e. The molecule has 2 saturated heterocycles. The molecule has 1 aliphatic carbocycles. The summed E-state index contributed by atoms with van der Waals surface area (Å²) in [6, 6.07) is 8.44. The van der Waals surface area contributed by atoms with Crippen LogP contribution in [0.15, 0.2) is 24.3 Å². The van der Waals surface area contributed by atoms with Crippen LogP contribution < -0.4 is 4.74 Å². The normalized spacial score (nSPS) is 30.5. The van der Waals surface area contributed by atoms with Crippen LogP contribution in [-0.4, -0.2) is 72.9 Å². The lowest BCUT2D eigenvalue weighted by atomic mass is 9.84. The van der Waals surface area contributed by atoms with Gasteiger partial charge in [-0.05, 0) is 26.0 Å². The second-order valence-electron chi connectivity index (χ2n) is 8.43. The molecule has 27 heavy (non-hydrogen) atoms. The first-order chi connectivity index (χ1) is 13.1. The zero-order chi connectivity index (χ0) is 18.5. The molecule has 1 aromatic rings. The van der Waals surface area contributed by atoms with E-state index in [1.54, 1.807) is 0 Å². The summed E-state index contributed by atoms with van der Waals surface area (Å²) in [5.74, 6) is 1.90. The lowest BCUT2D eigenvalue weighted by molar-refractivity contribution is -0.143. The maximum Gasteiger partial charge on any atom is 0.227 e. The first-order valence-electron chi connectivity index (χ1n) is 10.1. The zero-order valence-electron chi connectivity index (χ0n) is 15.8. The molecule has 3 atom stereocenters. The fraction of sp³-hybridized carbons (Fsp3) is 0.619. The van der Waals surface area contributed by atoms with Gasteiger partial charge in [-0.1, -0.05) is 18.2 Å². The highest BCUT2D eigenvalue weighted by Gasteiger charge is 2.49. The minimum atomic E-state index is -0.0287. The highest BCUT2D eigenvalue weighted by molar-refractivity contribution is 5.82. The lowest BCUT2D eigenvalue weighted by Crippen LogP contribution is -2.53. The number of piperazine rings is 1. The van der Waals surface area contributed by atoms with Crippen LogP contribution >= 0.6 is 0 Å². The van der Waals surface area contributed by atoms with E-state index < -0.39 is 0 Å². The van der Waals surface area contributed by atoms with Crippen molar-refractivity contribution in [2.45, 2.75) is 18.9 Å². The second-order valence-corrected chi connectivity index (χ2v) is 8.43. The molecule has 0 N–H and O–H groups in total. The predicted octanol–water partition coefficient (Wildman–Crippen LogP) is 1.38. The van der Waals surface area contributed by atoms with Crippen molar-refractivity contribution in [3.63, 3.8) is 0 Å². The summed E-state index contributed by atoms with van der Waals surface area (Å²) >= 11 is 0. The fourth-order valence-electron chi connectivity index (χ4n) is 5.06. The number of hydrogen-bond acceptors (Lipinski definition) is 4. The van der Waals surface area contributed by atoms with Crippen LogP contribution in [-0.2, 0) is 9.59 Å². The molecular weight excluding hydrogens is 342 g/mol. The van der Waals surface area contributed by atoms with Crippen LogP contribution in [0.5, 0.6) is 5.75 Å². The van der Waals surface area contributed by atoms with Crippen molar-refractivity contribution < 1.29 is 14.3 Å². The molecule has 0 radical (unpaired) electrons. The number of rotatable bonds is 2. The van der Waals surface area contributed by atoms with E-state index in [1.165, 1.54) is 5.56 Å². The van der Waals surface area contributed by atoms with Crippen LogP contribution in [0.1, 0.15) is 24.4 Å². The monoisotopic (exact) mass is 369 g/mol. The van der Waals surface area contributed by atoms with E-state index in [0.717, 1.165) is 25.1 Å². The third kappa shape index (κ3) is 2.90. The third-order valence-corrected chi connectivity index (χ3v) is 6.70. The van der Waals surface area contributed by atoms with Gasteiger partial charge in [-0.15, -0.1) is 0 Å². The number of amides is 2. The number of nitrogens with zero attached hydrogens (tertiary/aromatic N) is 3. The average molecular weight is 369 g/mol. The molecule has 4 aliphatic rings. The molecule has 0 bridgehead atoms. The van der Waals surface area contributed by atoms with E-state index in [-0.39, 0.29) is 29.7 Å². The van der Waals surface area contributed by atoms with Gasteiger partial charge >= 0.3 is 0 Å². The fourth-order valence-corrected chi connectivity index (χ4v) is 5.06. The van der Waals surface area contributed by atoms with Gasteiger partial charge in [0.25, 0.3) is 0 Å². The Morgan fingerprint density at radius 3 is 2.37 bits per heavy atom. The van der Waals surface area contributed by atoms with E-state index in [4.69, 9.17) is 4.74 Å². The van der Waals surface area contributed by atoms with Crippen LogP contribution in [0.25, 0.3) is 0 Å². The SMILES string of the molecule is CN1C[C@@H](C(=O)N2CCN(C(=O)C3CC3)CC2)[C@@H]2COc3ccccc3[C@@H]21. The summed E-state index contributed by atoms with van der Waals surface area (Å²) in [6.45, 7) is 4.04. The van der Waals surface area contributed by atoms with Crippen molar-refractivity contribution in [3.8, 4) is 5.75 Å². The number of para-hydroxylation sites is 1. The van der Waals surface area contributed by atoms with E-state index in [0.29, 0.717) is 38.7 Å². The molecule has 3 aliphatic heterocycles. The van der Waals surface area contributed by atoms with Gasteiger partial charge in [-0.25, -0.2) is 0 Å². The molecule has 0 unspecified atom stereocenters. The van der Waals surface area contributed by atoms with E-state index in [1.807, 2.05) is 28.0 Å². The van der Waals surface area contributed by atoms with Gasteiger partial charge in [0.15, 0.2) is 0 Å². The summed E-state index contributed by atoms with van der Waals surface area (Å²) in [4.78, 5) is 31.7. The molecule has 1 saturated carbocycles. The standard InChI is InChI=1S/C21H27N3O3/c1-22-12-16(17-13-27-18-5-3-2-4-15(18)19(17)22)21(26)24-10-8-23(9-11-24)20(25)14-6-7-14/h2-5,14,16-17,19H,6-13H2,1H3/t16-,17+,19+/m1/s1. The molecule has 0 aromatic heterocycles. The van der Waals surface area contributed by atoms with Gasteiger partial charge in [-0.2, -0.15) is 0 Å². The summed E-state index contributed by atoms with van der Waals surface area (Å²) in [6.07, 6.45) is 2.08. The minimum absolute atomic E-state index is 0.0287. The highest BCUT2D eigenvalue weighted by Crippen LogP contribution is 2.47. The van der Waals surface area contributed by atoms with Crippen molar-refractivity contribution >= 4 is 11.8 Å². The Labute approximate surface area is 160 Å². The first kappa shape index (κ1) is 17.0. The molecule has 0 spiro atoms. The minimum Gasteiger partial charge on any atom is -0.493 e. The van der Waals surface area contributed by atoms with Gasteiger partial charge in [0.1, 0.15) is 5.75 Å². The number of fused-ring (bicyclic) bond motifs is 3. The summed E-state index contributed by atoms with van der Waals surface area (Å²) < 4.78 is 5.98. The number of benzene rings is 1. The molecule has 1 aromatic carbocycles. The smallest absolute Gasteiger partial charge is 0.227 e. The Bertz CT molecular complexity index is 755. The van der Waals surface area contributed by atoms with Gasteiger partial charge in [-0.3, -0.25) is 14.5 Å². The molecule has 6 heteroatoms. The summed E-state index contributed by atoms with van der Waals surface area (Å²) in [5.41, 5.74) is 1.20. The maximum absolute atomic E-state index is 13.3. The van der Waals surface area contributed by atoms with Crippen LogP contribution in [0.4, 0.5) is 0 Å². The third-order valence-electron chi connectivity index (χ3n) is 6.70. The molecule has 2 amide bonds.